The molecule has 1 N–H and O–H groups in total. The predicted molar refractivity (Wildman–Crippen MR) is 77.4 cm³/mol. The van der Waals surface area contributed by atoms with E-state index in [2.05, 4.69) is 10.5 Å². The van der Waals surface area contributed by atoms with Crippen LogP contribution in [-0.2, 0) is 0 Å². The van der Waals surface area contributed by atoms with E-state index in [1.165, 1.54) is 0 Å². The van der Waals surface area contributed by atoms with E-state index in [0.717, 1.165) is 11.1 Å². The van der Waals surface area contributed by atoms with Crippen LogP contribution in [0, 0.1) is 0 Å². The number of hydrogen-bond donors (Lipinski definition) is 1. The van der Waals surface area contributed by atoms with Crippen molar-refractivity contribution in [3.63, 3.8) is 0 Å². The summed E-state index contributed by atoms with van der Waals surface area (Å²) in [5.41, 5.74) is 5.36. The monoisotopic (exact) mass is 250 g/mol. The van der Waals surface area contributed by atoms with Gasteiger partial charge in [0.25, 0.3) is 0 Å². The van der Waals surface area contributed by atoms with Gasteiger partial charge in [-0.3, -0.25) is 4.68 Å². The first-order chi connectivity index (χ1) is 9.42. The first-order valence-corrected chi connectivity index (χ1v) is 6.07. The molecule has 19 heavy (non-hydrogen) atoms. The van der Waals surface area contributed by atoms with Crippen molar-refractivity contribution in [3.05, 3.63) is 84.6 Å². The molecule has 0 aliphatic heterocycles. The van der Waals surface area contributed by atoms with Gasteiger partial charge in [-0.2, -0.15) is 5.10 Å². The van der Waals surface area contributed by atoms with Crippen LogP contribution in [0.4, 0.5) is 0 Å². The van der Waals surface area contributed by atoms with E-state index < -0.39 is 0 Å². The van der Waals surface area contributed by atoms with Crippen molar-refractivity contribution >= 4 is 6.21 Å². The standard InChI is InChI=1S/C15H14N4/c1-2-9-18(8-1)16-12-14-6-5-7-15(14)13-17-19-10-3-4-11-19/h1-13,16H/b14-12-,17-13+. The smallest absolute Gasteiger partial charge is 0.0557 e. The molecule has 0 spiro atoms. The molecule has 0 saturated heterocycles. The molecule has 1 aliphatic carbocycles. The second-order valence-corrected chi connectivity index (χ2v) is 4.11. The van der Waals surface area contributed by atoms with Gasteiger partial charge in [-0.05, 0) is 24.3 Å². The number of aromatic nitrogens is 2. The summed E-state index contributed by atoms with van der Waals surface area (Å²) in [5, 5.41) is 4.35. The molecule has 1 aliphatic rings. The Kier molecular flexibility index (Phi) is 3.14. The summed E-state index contributed by atoms with van der Waals surface area (Å²) in [6.45, 7) is 0. The molecule has 0 fully saturated rings. The first kappa shape index (κ1) is 11.3. The summed E-state index contributed by atoms with van der Waals surface area (Å²) >= 11 is 0. The lowest BCUT2D eigenvalue weighted by Crippen LogP contribution is -2.05. The van der Waals surface area contributed by atoms with Crippen molar-refractivity contribution in [1.82, 2.24) is 9.35 Å². The average Bonchev–Trinajstić information content (AvgIpc) is 3.16. The molecule has 0 radical (unpaired) electrons. The maximum atomic E-state index is 4.35. The zero-order valence-electron chi connectivity index (χ0n) is 10.3. The maximum Gasteiger partial charge on any atom is 0.0557 e. The van der Waals surface area contributed by atoms with Gasteiger partial charge in [0.2, 0.25) is 0 Å². The number of hydrogen-bond acceptors (Lipinski definition) is 2. The lowest BCUT2D eigenvalue weighted by atomic mass is 10.2. The summed E-state index contributed by atoms with van der Waals surface area (Å²) in [4.78, 5) is 0. The van der Waals surface area contributed by atoms with Crippen molar-refractivity contribution in [1.29, 1.82) is 0 Å². The van der Waals surface area contributed by atoms with Crippen molar-refractivity contribution < 1.29 is 0 Å². The normalized spacial score (nSPS) is 16.4. The van der Waals surface area contributed by atoms with Gasteiger partial charge < -0.3 is 5.43 Å². The Morgan fingerprint density at radius 3 is 2.53 bits per heavy atom. The second kappa shape index (κ2) is 5.27. The van der Waals surface area contributed by atoms with Crippen LogP contribution in [0.5, 0.6) is 0 Å². The fourth-order valence-corrected chi connectivity index (χ4v) is 1.79. The number of allylic oxidation sites excluding steroid dienone is 5. The van der Waals surface area contributed by atoms with Crippen LogP contribution >= 0.6 is 0 Å². The van der Waals surface area contributed by atoms with E-state index in [-0.39, 0.29) is 0 Å². The third-order valence-corrected chi connectivity index (χ3v) is 2.78. The molecule has 2 heterocycles. The Bertz CT molecular complexity index is 640. The maximum absolute atomic E-state index is 4.35. The Morgan fingerprint density at radius 1 is 1.00 bits per heavy atom. The molecule has 94 valence electrons. The average molecular weight is 250 g/mol. The van der Waals surface area contributed by atoms with E-state index in [4.69, 9.17) is 0 Å². The molecule has 4 nitrogen and oxygen atoms in total. The van der Waals surface area contributed by atoms with Crippen LogP contribution in [0.3, 0.4) is 0 Å². The van der Waals surface area contributed by atoms with Gasteiger partial charge in [0.1, 0.15) is 0 Å². The topological polar surface area (TPSA) is 34.2 Å². The van der Waals surface area contributed by atoms with E-state index in [1.54, 1.807) is 4.68 Å². The predicted octanol–water partition coefficient (Wildman–Crippen LogP) is 2.75. The first-order valence-electron chi connectivity index (χ1n) is 6.07. The molecule has 0 aromatic carbocycles. The molecule has 0 bridgehead atoms. The van der Waals surface area contributed by atoms with Gasteiger partial charge in [0.15, 0.2) is 0 Å². The molecular formula is C15H14N4. The van der Waals surface area contributed by atoms with Crippen LogP contribution < -0.4 is 5.43 Å². The minimum atomic E-state index is 1.08. The van der Waals surface area contributed by atoms with Gasteiger partial charge in [-0.25, -0.2) is 4.68 Å². The summed E-state index contributed by atoms with van der Waals surface area (Å²) in [6.07, 6.45) is 17.6. The number of nitrogens with one attached hydrogen (secondary N) is 1. The van der Waals surface area contributed by atoms with Crippen LogP contribution in [0.2, 0.25) is 0 Å². The minimum absolute atomic E-state index is 1.08. The molecule has 3 rings (SSSR count). The molecule has 4 heteroatoms. The van der Waals surface area contributed by atoms with E-state index in [0.29, 0.717) is 0 Å². The zero-order valence-corrected chi connectivity index (χ0v) is 10.3. The van der Waals surface area contributed by atoms with Crippen molar-refractivity contribution in [2.24, 2.45) is 5.10 Å². The Morgan fingerprint density at radius 2 is 1.74 bits per heavy atom. The molecule has 0 saturated carbocycles. The van der Waals surface area contributed by atoms with E-state index in [9.17, 15) is 0 Å². The van der Waals surface area contributed by atoms with Crippen LogP contribution in [0.25, 0.3) is 0 Å². The van der Waals surface area contributed by atoms with Gasteiger partial charge in [-0.1, -0.05) is 18.2 Å². The zero-order chi connectivity index (χ0) is 12.9. The summed E-state index contributed by atoms with van der Waals surface area (Å²) < 4.78 is 3.66. The molecular weight excluding hydrogens is 236 g/mol. The quantitative estimate of drug-likeness (QED) is 0.832. The molecule has 0 amide bonds. The Balaban J connectivity index is 1.70. The molecule has 0 atom stereocenters. The minimum Gasteiger partial charge on any atom is -0.302 e. The van der Waals surface area contributed by atoms with Crippen molar-refractivity contribution in [2.75, 3.05) is 5.43 Å². The van der Waals surface area contributed by atoms with Gasteiger partial charge in [-0.15, -0.1) is 0 Å². The SMILES string of the molecule is C1=C/C(=C/Nn2cccc2)C(/C=N/n2cccc2)=C1. The molecule has 2 aromatic rings. The van der Waals surface area contributed by atoms with Crippen molar-refractivity contribution in [3.8, 4) is 0 Å². The lowest BCUT2D eigenvalue weighted by molar-refractivity contribution is 0.894. The second-order valence-electron chi connectivity index (χ2n) is 4.11. The third kappa shape index (κ3) is 2.74. The largest absolute Gasteiger partial charge is 0.302 e. The van der Waals surface area contributed by atoms with E-state index in [1.807, 2.05) is 84.4 Å². The van der Waals surface area contributed by atoms with Gasteiger partial charge in [0.05, 0.1) is 6.21 Å². The van der Waals surface area contributed by atoms with Crippen LogP contribution in [-0.4, -0.2) is 15.6 Å². The Labute approximate surface area is 111 Å². The molecule has 0 unspecified atom stereocenters. The summed E-state index contributed by atoms with van der Waals surface area (Å²) in [6, 6.07) is 7.84. The van der Waals surface area contributed by atoms with Crippen LogP contribution in [0.15, 0.2) is 89.7 Å². The highest BCUT2D eigenvalue weighted by atomic mass is 15.4. The van der Waals surface area contributed by atoms with Gasteiger partial charge in [0, 0.05) is 42.1 Å². The highest BCUT2D eigenvalue weighted by Crippen LogP contribution is 2.15. The number of nitrogens with zero attached hydrogens (tertiary/aromatic N) is 3. The fraction of sp³-hybridized carbons (Fsp3) is 0. The highest BCUT2D eigenvalue weighted by molar-refractivity contribution is 5.88. The fourth-order valence-electron chi connectivity index (χ4n) is 1.79. The molecule has 2 aromatic heterocycles. The highest BCUT2D eigenvalue weighted by Gasteiger charge is 2.03. The van der Waals surface area contributed by atoms with Crippen LogP contribution in [0.1, 0.15) is 0 Å². The van der Waals surface area contributed by atoms with E-state index >= 15 is 0 Å². The summed E-state index contributed by atoms with van der Waals surface area (Å²) in [5.74, 6) is 0. The van der Waals surface area contributed by atoms with Gasteiger partial charge >= 0.3 is 0 Å². The Hall–Kier alpha value is -2.75. The van der Waals surface area contributed by atoms with Crippen molar-refractivity contribution in [2.45, 2.75) is 0 Å². The number of rotatable bonds is 4. The third-order valence-electron chi connectivity index (χ3n) is 2.78. The summed E-state index contributed by atoms with van der Waals surface area (Å²) in [7, 11) is 0. The lowest BCUT2D eigenvalue weighted by Gasteiger charge is -2.04.